The second kappa shape index (κ2) is 15.0. The molecular formula is C28H41N5O6. The van der Waals surface area contributed by atoms with Crippen LogP contribution in [0.4, 0.5) is 0 Å². The monoisotopic (exact) mass is 543 g/mol. The van der Waals surface area contributed by atoms with Gasteiger partial charge in [-0.05, 0) is 36.3 Å². The maximum Gasteiger partial charge on any atom is 0.303 e. The van der Waals surface area contributed by atoms with Crippen molar-refractivity contribution >= 4 is 40.9 Å². The molecule has 0 fully saturated rings. The number of H-pyrrole nitrogens is 1. The minimum atomic E-state index is -1.22. The van der Waals surface area contributed by atoms with Gasteiger partial charge >= 0.3 is 5.97 Å². The molecule has 7 N–H and O–H groups in total. The molecule has 1 heterocycles. The summed E-state index contributed by atoms with van der Waals surface area (Å²) in [6.45, 7) is 7.53. The number of carbonyl (C=O) groups excluding carboxylic acids is 4. The number of aliphatic carboxylic acids is 1. The van der Waals surface area contributed by atoms with Crippen LogP contribution in [-0.4, -0.2) is 64.2 Å². The molecule has 0 bridgehead atoms. The first-order valence-electron chi connectivity index (χ1n) is 13.4. The van der Waals surface area contributed by atoms with Gasteiger partial charge in [0.15, 0.2) is 0 Å². The molecule has 0 aliphatic heterocycles. The normalized spacial score (nSPS) is 15.1. The van der Waals surface area contributed by atoms with E-state index in [1.807, 2.05) is 45.0 Å². The van der Waals surface area contributed by atoms with Gasteiger partial charge in [-0.25, -0.2) is 0 Å². The van der Waals surface area contributed by atoms with Crippen LogP contribution in [0.2, 0.25) is 0 Å². The van der Waals surface area contributed by atoms with Crippen LogP contribution < -0.4 is 21.7 Å². The van der Waals surface area contributed by atoms with Gasteiger partial charge in [0, 0.05) is 29.9 Å². The van der Waals surface area contributed by atoms with Crippen molar-refractivity contribution in [3.8, 4) is 0 Å². The number of fused-ring (bicyclic) bond motifs is 1. The third kappa shape index (κ3) is 9.51. The fourth-order valence-corrected chi connectivity index (χ4v) is 4.26. The Morgan fingerprint density at radius 3 is 2.26 bits per heavy atom. The summed E-state index contributed by atoms with van der Waals surface area (Å²) < 4.78 is 0. The van der Waals surface area contributed by atoms with Crippen molar-refractivity contribution in [3.05, 3.63) is 36.0 Å². The molecule has 0 spiro atoms. The molecular weight excluding hydrogens is 502 g/mol. The molecule has 0 saturated heterocycles. The number of nitrogens with one attached hydrogen (secondary N) is 4. The summed E-state index contributed by atoms with van der Waals surface area (Å²) in [6.07, 6.45) is 3.01. The van der Waals surface area contributed by atoms with Gasteiger partial charge in [-0.3, -0.25) is 19.2 Å². The highest BCUT2D eigenvalue weighted by Gasteiger charge is 2.31. The number of carboxylic acids is 1. The Bertz CT molecular complexity index is 1150. The molecule has 0 saturated carbocycles. The van der Waals surface area contributed by atoms with E-state index in [0.29, 0.717) is 19.1 Å². The second-order valence-electron chi connectivity index (χ2n) is 10.4. The lowest BCUT2D eigenvalue weighted by atomic mass is 9.98. The van der Waals surface area contributed by atoms with Crippen LogP contribution in [0.1, 0.15) is 58.9 Å². The molecule has 5 atom stereocenters. The Morgan fingerprint density at radius 2 is 1.64 bits per heavy atom. The molecule has 0 aliphatic carbocycles. The summed E-state index contributed by atoms with van der Waals surface area (Å²) >= 11 is 0. The molecule has 0 unspecified atom stereocenters. The summed E-state index contributed by atoms with van der Waals surface area (Å²) in [5.41, 5.74) is 7.64. The number of aromatic amines is 1. The fourth-order valence-electron chi connectivity index (χ4n) is 4.26. The summed E-state index contributed by atoms with van der Waals surface area (Å²) in [6, 6.07) is 3.55. The molecule has 0 aliphatic rings. The van der Waals surface area contributed by atoms with E-state index in [0.717, 1.165) is 16.5 Å². The summed E-state index contributed by atoms with van der Waals surface area (Å²) in [7, 11) is 0. The SMILES string of the molecule is CC[C@H](C)[C@H](N)C(=O)N[C@@H](CCC(=O)O)C(=O)N[C@@H](Cc1c[nH]c2ccccc12)C(=O)N[C@H](C=O)CC(C)C. The molecule has 2 rings (SSSR count). The number of aromatic nitrogens is 1. The average Bonchev–Trinajstić information content (AvgIpc) is 3.31. The molecule has 1 aromatic heterocycles. The topological polar surface area (TPSA) is 183 Å². The molecule has 0 radical (unpaired) electrons. The molecule has 11 heteroatoms. The van der Waals surface area contributed by atoms with Crippen LogP contribution in [0.15, 0.2) is 30.5 Å². The van der Waals surface area contributed by atoms with Gasteiger partial charge in [-0.2, -0.15) is 0 Å². The van der Waals surface area contributed by atoms with E-state index >= 15 is 0 Å². The van der Waals surface area contributed by atoms with Gasteiger partial charge in [0.25, 0.3) is 0 Å². The predicted molar refractivity (Wildman–Crippen MR) is 148 cm³/mol. The lowest BCUT2D eigenvalue weighted by Crippen LogP contribution is -2.57. The zero-order chi connectivity index (χ0) is 29.1. The van der Waals surface area contributed by atoms with Crippen LogP contribution in [0, 0.1) is 11.8 Å². The van der Waals surface area contributed by atoms with Gasteiger partial charge in [0.1, 0.15) is 18.4 Å². The number of benzene rings is 1. The largest absolute Gasteiger partial charge is 0.481 e. The minimum Gasteiger partial charge on any atom is -0.481 e. The number of nitrogens with two attached hydrogens (primary N) is 1. The van der Waals surface area contributed by atoms with Gasteiger partial charge < -0.3 is 36.6 Å². The van der Waals surface area contributed by atoms with Gasteiger partial charge in [0.2, 0.25) is 17.7 Å². The van der Waals surface area contributed by atoms with Crippen LogP contribution in [0.5, 0.6) is 0 Å². The van der Waals surface area contributed by atoms with E-state index in [1.54, 1.807) is 13.1 Å². The standard InChI is InChI=1S/C28H41N5O6/c1-5-17(4)25(29)28(39)32-22(10-11-24(35)36)26(37)33-23(27(38)31-19(15-34)12-16(2)3)13-18-14-30-21-9-7-6-8-20(18)21/h6-9,14-17,19,22-23,25,30H,5,10-13,29H2,1-4H3,(H,31,38)(H,32,39)(H,33,37)(H,35,36)/t17-,19-,22-,23-,25-/m0/s1. The molecule has 11 nitrogen and oxygen atoms in total. The highest BCUT2D eigenvalue weighted by Crippen LogP contribution is 2.19. The lowest BCUT2D eigenvalue weighted by Gasteiger charge is -2.26. The van der Waals surface area contributed by atoms with Gasteiger partial charge in [-0.1, -0.05) is 52.3 Å². The van der Waals surface area contributed by atoms with Gasteiger partial charge in [0.05, 0.1) is 12.1 Å². The van der Waals surface area contributed by atoms with E-state index < -0.39 is 47.9 Å². The fraction of sp³-hybridized carbons (Fsp3) is 0.536. The van der Waals surface area contributed by atoms with Crippen molar-refractivity contribution in [3.63, 3.8) is 0 Å². The Balaban J connectivity index is 2.31. The van der Waals surface area contributed by atoms with E-state index in [4.69, 9.17) is 5.73 Å². The Kier molecular flexibility index (Phi) is 12.1. The van der Waals surface area contributed by atoms with Crippen LogP contribution in [0.25, 0.3) is 10.9 Å². The molecule has 1 aromatic carbocycles. The van der Waals surface area contributed by atoms with Gasteiger partial charge in [-0.15, -0.1) is 0 Å². The van der Waals surface area contributed by atoms with Crippen LogP contribution in [0.3, 0.4) is 0 Å². The molecule has 2 aromatic rings. The zero-order valence-corrected chi connectivity index (χ0v) is 23.0. The van der Waals surface area contributed by atoms with Crippen LogP contribution >= 0.6 is 0 Å². The first-order chi connectivity index (χ1) is 18.5. The smallest absolute Gasteiger partial charge is 0.303 e. The second-order valence-corrected chi connectivity index (χ2v) is 10.4. The van der Waals surface area contributed by atoms with Crippen molar-refractivity contribution in [1.82, 2.24) is 20.9 Å². The van der Waals surface area contributed by atoms with Crippen molar-refractivity contribution in [2.24, 2.45) is 17.6 Å². The van der Waals surface area contributed by atoms with Crippen molar-refractivity contribution in [2.75, 3.05) is 0 Å². The summed E-state index contributed by atoms with van der Waals surface area (Å²) in [5.74, 6) is -3.00. The lowest BCUT2D eigenvalue weighted by molar-refractivity contribution is -0.138. The third-order valence-electron chi connectivity index (χ3n) is 6.79. The molecule has 39 heavy (non-hydrogen) atoms. The van der Waals surface area contributed by atoms with E-state index in [2.05, 4.69) is 20.9 Å². The van der Waals surface area contributed by atoms with E-state index in [9.17, 15) is 29.1 Å². The Labute approximate surface area is 228 Å². The first-order valence-corrected chi connectivity index (χ1v) is 13.4. The zero-order valence-electron chi connectivity index (χ0n) is 23.0. The average molecular weight is 544 g/mol. The number of carboxylic acid groups (broad SMARTS) is 1. The van der Waals surface area contributed by atoms with Crippen molar-refractivity contribution in [1.29, 1.82) is 0 Å². The maximum atomic E-state index is 13.4. The highest BCUT2D eigenvalue weighted by molar-refractivity contribution is 5.94. The number of carbonyl (C=O) groups is 5. The third-order valence-corrected chi connectivity index (χ3v) is 6.79. The number of aldehydes is 1. The van der Waals surface area contributed by atoms with E-state index in [-0.39, 0.29) is 31.1 Å². The molecule has 3 amide bonds. The number of para-hydroxylation sites is 1. The number of rotatable bonds is 16. The predicted octanol–water partition coefficient (Wildman–Crippen LogP) is 1.65. The minimum absolute atomic E-state index is 0.0980. The van der Waals surface area contributed by atoms with E-state index in [1.165, 1.54) is 0 Å². The number of hydrogen-bond donors (Lipinski definition) is 6. The van der Waals surface area contributed by atoms with Crippen molar-refractivity contribution < 1.29 is 29.1 Å². The van der Waals surface area contributed by atoms with Crippen LogP contribution in [-0.2, 0) is 30.4 Å². The number of amides is 3. The number of hydrogen-bond acceptors (Lipinski definition) is 6. The highest BCUT2D eigenvalue weighted by atomic mass is 16.4. The quantitative estimate of drug-likeness (QED) is 0.174. The Hall–Kier alpha value is -3.73. The maximum absolute atomic E-state index is 13.4. The first kappa shape index (κ1) is 31.5. The Morgan fingerprint density at radius 1 is 1.00 bits per heavy atom. The molecule has 214 valence electrons. The summed E-state index contributed by atoms with van der Waals surface area (Å²) in [4.78, 5) is 65.4. The summed E-state index contributed by atoms with van der Waals surface area (Å²) in [5, 5.41) is 18.0. The van der Waals surface area contributed by atoms with Crippen molar-refractivity contribution in [2.45, 2.75) is 84.0 Å².